The van der Waals surface area contributed by atoms with Crippen LogP contribution < -0.4 is 0 Å². The zero-order valence-electron chi connectivity index (χ0n) is 34.3. The Morgan fingerprint density at radius 3 is 1.03 bits per heavy atom. The molecule has 64 heavy (non-hydrogen) atoms. The molecule has 6 heteroatoms. The van der Waals surface area contributed by atoms with Crippen molar-refractivity contribution in [1.29, 1.82) is 0 Å². The van der Waals surface area contributed by atoms with E-state index in [-0.39, 0.29) is 23.1 Å². The number of aromatic nitrogens is 2. The van der Waals surface area contributed by atoms with Crippen molar-refractivity contribution in [2.24, 2.45) is 0 Å². The molecule has 0 atom stereocenters. The van der Waals surface area contributed by atoms with E-state index in [1.165, 1.54) is 0 Å². The average molecular weight is 825 g/mol. The molecule has 0 saturated carbocycles. The lowest BCUT2D eigenvalue weighted by molar-refractivity contribution is 0.102. The van der Waals surface area contributed by atoms with E-state index in [2.05, 4.69) is 39.5 Å². The Kier molecular flexibility index (Phi) is 9.32. The van der Waals surface area contributed by atoms with E-state index in [0.29, 0.717) is 55.9 Å². The van der Waals surface area contributed by atoms with Gasteiger partial charge in [-0.15, -0.1) is 0 Å². The minimum absolute atomic E-state index is 0.196. The minimum atomic E-state index is -0.196. The highest BCUT2D eigenvalue weighted by molar-refractivity contribution is 6.26. The Hall–Kier alpha value is -8.74. The van der Waals surface area contributed by atoms with Crippen molar-refractivity contribution < 1.29 is 19.2 Å². The van der Waals surface area contributed by atoms with Crippen LogP contribution in [0, 0.1) is 0 Å². The van der Waals surface area contributed by atoms with Crippen molar-refractivity contribution >= 4 is 66.7 Å². The second kappa shape index (κ2) is 15.6. The number of carbonyl (C=O) groups is 4. The van der Waals surface area contributed by atoms with Crippen molar-refractivity contribution in [1.82, 2.24) is 9.13 Å². The average Bonchev–Trinajstić information content (AvgIpc) is 3.89. The summed E-state index contributed by atoms with van der Waals surface area (Å²) in [6.07, 6.45) is 0. The molecule has 0 unspecified atom stereocenters. The number of hydrogen-bond acceptors (Lipinski definition) is 4. The quantitative estimate of drug-likeness (QED) is 0.129. The number of carbonyl (C=O) groups excluding carboxylic acids is 4. The van der Waals surface area contributed by atoms with Crippen LogP contribution in [-0.4, -0.2) is 32.3 Å². The molecule has 0 aliphatic rings. The number of benzene rings is 9. The molecule has 2 aromatic heterocycles. The molecule has 0 aliphatic carbocycles. The maximum absolute atomic E-state index is 14.3. The van der Waals surface area contributed by atoms with Crippen LogP contribution in [0.1, 0.15) is 63.7 Å². The van der Waals surface area contributed by atoms with Gasteiger partial charge in [0.1, 0.15) is 0 Å². The third-order valence-electron chi connectivity index (χ3n) is 12.0. The molecule has 9 aromatic carbocycles. The molecule has 302 valence electrons. The van der Waals surface area contributed by atoms with E-state index in [1.807, 2.05) is 127 Å². The Balaban J connectivity index is 1.21. The molecule has 0 saturated heterocycles. The fourth-order valence-corrected chi connectivity index (χ4v) is 9.08. The van der Waals surface area contributed by atoms with Gasteiger partial charge in [0.2, 0.25) is 0 Å². The molecule has 2 heterocycles. The van der Waals surface area contributed by atoms with Crippen molar-refractivity contribution in [2.75, 3.05) is 0 Å². The Labute approximate surface area is 367 Å². The number of nitrogens with zero attached hydrogens (tertiary/aromatic N) is 2. The van der Waals surface area contributed by atoms with Crippen molar-refractivity contribution in [3.05, 3.63) is 263 Å². The molecular weight excluding hydrogens is 789 g/mol. The first-order valence-corrected chi connectivity index (χ1v) is 21.1. The van der Waals surface area contributed by atoms with Gasteiger partial charge in [-0.25, -0.2) is 0 Å². The first kappa shape index (κ1) is 38.2. The summed E-state index contributed by atoms with van der Waals surface area (Å²) in [5.74, 6) is -0.784. The number of hydrogen-bond donors (Lipinski definition) is 0. The molecule has 6 nitrogen and oxygen atoms in total. The zero-order chi connectivity index (χ0) is 43.3. The van der Waals surface area contributed by atoms with Crippen LogP contribution in [-0.2, 0) is 0 Å². The summed E-state index contributed by atoms with van der Waals surface area (Å²) in [4.78, 5) is 57.1. The van der Waals surface area contributed by atoms with Gasteiger partial charge in [-0.3, -0.25) is 19.2 Å². The van der Waals surface area contributed by atoms with E-state index >= 15 is 0 Å². The SMILES string of the molecule is O=C(c1ccccc1)c1cc(C(=O)c2ccccc2)cc(-n2c3ccccc3c3c2ccc2c4ccccc4n(-c4cc(C(=O)c5ccccc5)cc(C(=O)c5ccccc5)c4)c23)c1. The largest absolute Gasteiger partial charge is 0.309 e. The van der Waals surface area contributed by atoms with E-state index < -0.39 is 0 Å². The maximum Gasteiger partial charge on any atom is 0.193 e. The molecule has 0 fully saturated rings. The van der Waals surface area contributed by atoms with Gasteiger partial charge in [0.05, 0.1) is 22.1 Å². The minimum Gasteiger partial charge on any atom is -0.309 e. The van der Waals surface area contributed by atoms with Gasteiger partial charge < -0.3 is 9.13 Å². The van der Waals surface area contributed by atoms with Gasteiger partial charge in [0.15, 0.2) is 23.1 Å². The predicted molar refractivity (Wildman–Crippen MR) is 255 cm³/mol. The molecule has 0 amide bonds. The molecule has 0 spiro atoms. The number of fused-ring (bicyclic) bond motifs is 7. The third kappa shape index (κ3) is 6.44. The molecule has 0 radical (unpaired) electrons. The van der Waals surface area contributed by atoms with E-state index in [1.54, 1.807) is 60.7 Å². The summed E-state index contributed by atoms with van der Waals surface area (Å²) in [6, 6.07) is 67.8. The number of para-hydroxylation sites is 2. The molecule has 0 bridgehead atoms. The normalized spacial score (nSPS) is 11.4. The van der Waals surface area contributed by atoms with Gasteiger partial charge in [0.25, 0.3) is 0 Å². The number of rotatable bonds is 10. The highest BCUT2D eigenvalue weighted by Gasteiger charge is 2.25. The summed E-state index contributed by atoms with van der Waals surface area (Å²) < 4.78 is 4.28. The van der Waals surface area contributed by atoms with Crippen LogP contribution >= 0.6 is 0 Å². The predicted octanol–water partition coefficient (Wildman–Crippen LogP) is 12.8. The second-order valence-corrected chi connectivity index (χ2v) is 15.9. The lowest BCUT2D eigenvalue weighted by Gasteiger charge is -2.14. The van der Waals surface area contributed by atoms with Crippen LogP contribution in [0.4, 0.5) is 0 Å². The summed E-state index contributed by atoms with van der Waals surface area (Å²) in [7, 11) is 0. The lowest BCUT2D eigenvalue weighted by atomic mass is 9.96. The summed E-state index contributed by atoms with van der Waals surface area (Å²) in [6.45, 7) is 0. The van der Waals surface area contributed by atoms with Crippen LogP contribution in [0.3, 0.4) is 0 Å². The summed E-state index contributed by atoms with van der Waals surface area (Å²) >= 11 is 0. The topological polar surface area (TPSA) is 78.1 Å². The fraction of sp³-hybridized carbons (Fsp3) is 0. The van der Waals surface area contributed by atoms with Crippen LogP contribution in [0.5, 0.6) is 0 Å². The first-order valence-electron chi connectivity index (χ1n) is 21.1. The van der Waals surface area contributed by atoms with E-state index in [4.69, 9.17) is 0 Å². The van der Waals surface area contributed by atoms with Gasteiger partial charge in [0, 0.05) is 77.4 Å². The van der Waals surface area contributed by atoms with Gasteiger partial charge in [-0.05, 0) is 54.6 Å². The smallest absolute Gasteiger partial charge is 0.193 e. The Bertz CT molecular complexity index is 3520. The van der Waals surface area contributed by atoms with E-state index in [9.17, 15) is 19.2 Å². The monoisotopic (exact) mass is 824 g/mol. The summed E-state index contributed by atoms with van der Waals surface area (Å²) in [5, 5.41) is 3.85. The standard InChI is InChI=1S/C58H36N2O4/c61-55(37-17-5-1-6-18-37)41-31-42(56(62)38-19-7-2-8-20-38)34-45(33-41)59-51-28-16-14-26-49(51)53-52(59)30-29-48-47-25-13-15-27-50(47)60(54(48)53)46-35-43(57(63)39-21-9-3-10-22-39)32-44(36-46)58(64)40-23-11-4-12-24-40/h1-36H. The molecule has 11 rings (SSSR count). The van der Waals surface area contributed by atoms with E-state index in [0.717, 1.165) is 43.6 Å². The van der Waals surface area contributed by atoms with Gasteiger partial charge >= 0.3 is 0 Å². The molecule has 11 aromatic rings. The van der Waals surface area contributed by atoms with Gasteiger partial charge in [-0.2, -0.15) is 0 Å². The lowest BCUT2D eigenvalue weighted by Crippen LogP contribution is -2.09. The Morgan fingerprint density at radius 2 is 0.609 bits per heavy atom. The molecular formula is C58H36N2O4. The van der Waals surface area contributed by atoms with Crippen molar-refractivity contribution in [2.45, 2.75) is 0 Å². The van der Waals surface area contributed by atoms with Crippen LogP contribution in [0.25, 0.3) is 55.0 Å². The first-order chi connectivity index (χ1) is 31.4. The van der Waals surface area contributed by atoms with Crippen molar-refractivity contribution in [3.8, 4) is 11.4 Å². The number of ketones is 4. The maximum atomic E-state index is 14.3. The zero-order valence-corrected chi connectivity index (χ0v) is 34.3. The highest BCUT2D eigenvalue weighted by atomic mass is 16.1. The Morgan fingerprint density at radius 1 is 0.266 bits per heavy atom. The summed E-state index contributed by atoms with van der Waals surface area (Å²) in [5.41, 5.74) is 8.43. The molecule has 0 aliphatic heterocycles. The van der Waals surface area contributed by atoms with Crippen LogP contribution in [0.15, 0.2) is 218 Å². The van der Waals surface area contributed by atoms with Gasteiger partial charge in [-0.1, -0.05) is 164 Å². The molecule has 0 N–H and O–H groups in total. The fourth-order valence-electron chi connectivity index (χ4n) is 9.08. The van der Waals surface area contributed by atoms with Crippen LogP contribution in [0.2, 0.25) is 0 Å². The second-order valence-electron chi connectivity index (χ2n) is 15.9. The highest BCUT2D eigenvalue weighted by Crippen LogP contribution is 2.42. The third-order valence-corrected chi connectivity index (χ3v) is 12.0. The van der Waals surface area contributed by atoms with Crippen molar-refractivity contribution in [3.63, 3.8) is 0 Å².